The van der Waals surface area contributed by atoms with E-state index in [0.29, 0.717) is 5.56 Å². The highest BCUT2D eigenvalue weighted by Crippen LogP contribution is 2.24. The Balaban J connectivity index is 2.00. The van der Waals surface area contributed by atoms with Gasteiger partial charge in [-0.25, -0.2) is 4.68 Å². The molecule has 5 heteroatoms. The second-order valence-corrected chi connectivity index (χ2v) is 4.96. The van der Waals surface area contributed by atoms with Gasteiger partial charge in [0.2, 0.25) is 0 Å². The minimum absolute atomic E-state index is 0.0451. The second kappa shape index (κ2) is 4.93. The SMILES string of the molecule is O=C(c1ccccc1)C(Br)n1nnc2ccccc21. The highest BCUT2D eigenvalue weighted by atomic mass is 79.9. The first-order chi connectivity index (χ1) is 9.27. The molecule has 0 spiro atoms. The molecular weight excluding hydrogens is 306 g/mol. The van der Waals surface area contributed by atoms with Crippen LogP contribution in [0.15, 0.2) is 54.6 Å². The van der Waals surface area contributed by atoms with Crippen LogP contribution in [-0.2, 0) is 0 Å². The van der Waals surface area contributed by atoms with Crippen LogP contribution in [0, 0.1) is 0 Å². The number of carbonyl (C=O) groups excluding carboxylic acids is 1. The lowest BCUT2D eigenvalue weighted by atomic mass is 10.1. The lowest BCUT2D eigenvalue weighted by molar-refractivity contribution is 0.0966. The smallest absolute Gasteiger partial charge is 0.198 e. The third-order valence-corrected chi connectivity index (χ3v) is 3.67. The van der Waals surface area contributed by atoms with Gasteiger partial charge >= 0.3 is 0 Å². The number of ketones is 1. The highest BCUT2D eigenvalue weighted by molar-refractivity contribution is 9.09. The van der Waals surface area contributed by atoms with Crippen LogP contribution in [0.5, 0.6) is 0 Å². The minimum atomic E-state index is -0.553. The van der Waals surface area contributed by atoms with Crippen LogP contribution in [0.2, 0.25) is 0 Å². The van der Waals surface area contributed by atoms with Gasteiger partial charge in [-0.2, -0.15) is 0 Å². The number of alkyl halides is 1. The molecule has 19 heavy (non-hydrogen) atoms. The summed E-state index contributed by atoms with van der Waals surface area (Å²) in [6, 6.07) is 16.7. The van der Waals surface area contributed by atoms with E-state index in [-0.39, 0.29) is 5.78 Å². The van der Waals surface area contributed by atoms with Crippen molar-refractivity contribution >= 4 is 32.7 Å². The van der Waals surface area contributed by atoms with Gasteiger partial charge in [-0.15, -0.1) is 5.10 Å². The third kappa shape index (κ3) is 2.17. The molecule has 0 N–H and O–H groups in total. The minimum Gasteiger partial charge on any atom is -0.291 e. The number of fused-ring (bicyclic) bond motifs is 1. The predicted molar refractivity (Wildman–Crippen MR) is 76.3 cm³/mol. The molecule has 94 valence electrons. The van der Waals surface area contributed by atoms with Gasteiger partial charge in [0.15, 0.2) is 10.7 Å². The molecule has 0 saturated heterocycles. The van der Waals surface area contributed by atoms with Crippen molar-refractivity contribution in [2.75, 3.05) is 0 Å². The molecule has 1 heterocycles. The zero-order valence-corrected chi connectivity index (χ0v) is 11.5. The Kier molecular flexibility index (Phi) is 3.13. The number of hydrogen-bond acceptors (Lipinski definition) is 3. The second-order valence-electron chi connectivity index (χ2n) is 4.09. The summed E-state index contributed by atoms with van der Waals surface area (Å²) in [6.45, 7) is 0. The van der Waals surface area contributed by atoms with E-state index in [2.05, 4.69) is 26.2 Å². The Hall–Kier alpha value is -2.01. The van der Waals surface area contributed by atoms with E-state index in [0.717, 1.165) is 11.0 Å². The number of rotatable bonds is 3. The molecule has 0 aliphatic carbocycles. The van der Waals surface area contributed by atoms with Gasteiger partial charge in [-0.1, -0.05) is 63.6 Å². The molecule has 0 fully saturated rings. The fourth-order valence-corrected chi connectivity index (χ4v) is 2.47. The zero-order valence-electron chi connectivity index (χ0n) is 9.90. The van der Waals surface area contributed by atoms with E-state index in [1.165, 1.54) is 0 Å². The molecule has 0 bridgehead atoms. The van der Waals surface area contributed by atoms with Gasteiger partial charge in [0.1, 0.15) is 5.52 Å². The first-order valence-corrected chi connectivity index (χ1v) is 6.72. The standard InChI is InChI=1S/C14H10BrN3O/c15-14(13(19)10-6-2-1-3-7-10)18-12-9-5-4-8-11(12)16-17-18/h1-9,14H. The Morgan fingerprint density at radius 3 is 2.53 bits per heavy atom. The van der Waals surface area contributed by atoms with E-state index < -0.39 is 4.95 Å². The molecule has 0 aliphatic heterocycles. The molecule has 1 aromatic heterocycles. The van der Waals surface area contributed by atoms with Crippen molar-refractivity contribution in [2.45, 2.75) is 4.95 Å². The van der Waals surface area contributed by atoms with Crippen LogP contribution in [0.25, 0.3) is 11.0 Å². The molecule has 0 radical (unpaired) electrons. The molecule has 0 saturated carbocycles. The molecule has 3 rings (SSSR count). The third-order valence-electron chi connectivity index (χ3n) is 2.87. The number of hydrogen-bond donors (Lipinski definition) is 0. The van der Waals surface area contributed by atoms with E-state index >= 15 is 0 Å². The van der Waals surface area contributed by atoms with E-state index in [9.17, 15) is 4.79 Å². The number of nitrogens with zero attached hydrogens (tertiary/aromatic N) is 3. The molecule has 1 atom stereocenters. The lowest BCUT2D eigenvalue weighted by Crippen LogP contribution is -2.15. The summed E-state index contributed by atoms with van der Waals surface area (Å²) in [5, 5.41) is 8.09. The molecule has 2 aromatic carbocycles. The Morgan fingerprint density at radius 2 is 1.74 bits per heavy atom. The van der Waals surface area contributed by atoms with Gasteiger partial charge < -0.3 is 0 Å². The normalized spacial score (nSPS) is 12.5. The molecule has 1 unspecified atom stereocenters. The van der Waals surface area contributed by atoms with Crippen molar-refractivity contribution in [1.82, 2.24) is 15.0 Å². The van der Waals surface area contributed by atoms with Crippen LogP contribution in [-0.4, -0.2) is 20.8 Å². The first kappa shape index (κ1) is 12.0. The number of carbonyl (C=O) groups is 1. The van der Waals surface area contributed by atoms with Gasteiger partial charge in [0.25, 0.3) is 0 Å². The summed E-state index contributed by atoms with van der Waals surface area (Å²) in [5.41, 5.74) is 2.24. The van der Waals surface area contributed by atoms with Crippen molar-refractivity contribution in [3.05, 3.63) is 60.2 Å². The molecule has 0 aliphatic rings. The summed E-state index contributed by atoms with van der Waals surface area (Å²) in [6.07, 6.45) is 0. The van der Waals surface area contributed by atoms with Crippen molar-refractivity contribution in [2.24, 2.45) is 0 Å². The van der Waals surface area contributed by atoms with Gasteiger partial charge in [-0.3, -0.25) is 4.79 Å². The van der Waals surface area contributed by atoms with Crippen LogP contribution in [0.4, 0.5) is 0 Å². The largest absolute Gasteiger partial charge is 0.291 e. The van der Waals surface area contributed by atoms with Crippen LogP contribution in [0.1, 0.15) is 15.3 Å². The predicted octanol–water partition coefficient (Wildman–Crippen LogP) is 3.21. The Labute approximate surface area is 118 Å². The molecule has 4 nitrogen and oxygen atoms in total. The fourth-order valence-electron chi connectivity index (χ4n) is 1.91. The average molecular weight is 316 g/mol. The van der Waals surface area contributed by atoms with Crippen LogP contribution < -0.4 is 0 Å². The summed E-state index contributed by atoms with van der Waals surface area (Å²) in [5.74, 6) is -0.0451. The average Bonchev–Trinajstić information content (AvgIpc) is 2.90. The lowest BCUT2D eigenvalue weighted by Gasteiger charge is -2.09. The van der Waals surface area contributed by atoms with Gasteiger partial charge in [0, 0.05) is 5.56 Å². The molecule has 0 amide bonds. The summed E-state index contributed by atoms with van der Waals surface area (Å²) in [7, 11) is 0. The fraction of sp³-hybridized carbons (Fsp3) is 0.0714. The van der Waals surface area contributed by atoms with Crippen LogP contribution >= 0.6 is 15.9 Å². The Morgan fingerprint density at radius 1 is 1.05 bits per heavy atom. The van der Waals surface area contributed by atoms with Crippen molar-refractivity contribution in [3.63, 3.8) is 0 Å². The Bertz CT molecular complexity index is 724. The topological polar surface area (TPSA) is 47.8 Å². The number of benzene rings is 2. The maximum absolute atomic E-state index is 12.4. The van der Waals surface area contributed by atoms with Gasteiger partial charge in [0.05, 0.1) is 5.52 Å². The van der Waals surface area contributed by atoms with E-state index in [1.807, 2.05) is 42.5 Å². The van der Waals surface area contributed by atoms with E-state index in [1.54, 1.807) is 16.8 Å². The molecular formula is C14H10BrN3O. The van der Waals surface area contributed by atoms with Gasteiger partial charge in [-0.05, 0) is 12.1 Å². The quantitative estimate of drug-likeness (QED) is 0.551. The van der Waals surface area contributed by atoms with Crippen molar-refractivity contribution < 1.29 is 4.79 Å². The van der Waals surface area contributed by atoms with Crippen molar-refractivity contribution in [3.8, 4) is 0 Å². The van der Waals surface area contributed by atoms with Crippen LogP contribution in [0.3, 0.4) is 0 Å². The first-order valence-electron chi connectivity index (χ1n) is 5.80. The number of halogens is 1. The number of para-hydroxylation sites is 1. The monoisotopic (exact) mass is 315 g/mol. The summed E-state index contributed by atoms with van der Waals surface area (Å²) < 4.78 is 1.59. The van der Waals surface area contributed by atoms with E-state index in [4.69, 9.17) is 0 Å². The number of Topliss-reactive ketones (excluding diaryl/α,β-unsaturated/α-hetero) is 1. The van der Waals surface area contributed by atoms with Crippen molar-refractivity contribution in [1.29, 1.82) is 0 Å². The zero-order chi connectivity index (χ0) is 13.2. The molecule has 3 aromatic rings. The summed E-state index contributed by atoms with van der Waals surface area (Å²) >= 11 is 3.40. The highest BCUT2D eigenvalue weighted by Gasteiger charge is 2.21. The maximum atomic E-state index is 12.4. The summed E-state index contributed by atoms with van der Waals surface area (Å²) in [4.78, 5) is 11.8. The number of aromatic nitrogens is 3. The maximum Gasteiger partial charge on any atom is 0.198 e.